The van der Waals surface area contributed by atoms with E-state index in [2.05, 4.69) is 5.32 Å². The lowest BCUT2D eigenvalue weighted by Gasteiger charge is -2.37. The van der Waals surface area contributed by atoms with Crippen molar-refractivity contribution in [2.75, 3.05) is 13.1 Å². The first kappa shape index (κ1) is 21.5. The van der Waals surface area contributed by atoms with Crippen molar-refractivity contribution < 1.29 is 18.8 Å². The van der Waals surface area contributed by atoms with E-state index in [0.717, 1.165) is 16.7 Å². The fraction of sp³-hybridized carbons (Fsp3) is 0.348. The summed E-state index contributed by atoms with van der Waals surface area (Å²) in [7, 11) is 0. The molecule has 1 atom stereocenters. The van der Waals surface area contributed by atoms with Crippen LogP contribution < -0.4 is 5.32 Å². The van der Waals surface area contributed by atoms with Gasteiger partial charge in [-0.25, -0.2) is 4.39 Å². The number of rotatable bonds is 7. The van der Waals surface area contributed by atoms with Crippen LogP contribution in [0.25, 0.3) is 0 Å². The van der Waals surface area contributed by atoms with Crippen LogP contribution in [0.15, 0.2) is 48.5 Å². The summed E-state index contributed by atoms with van der Waals surface area (Å²) in [4.78, 5) is 40.8. The molecule has 2 aromatic rings. The summed E-state index contributed by atoms with van der Waals surface area (Å²) in [5.74, 6) is -1.95. The van der Waals surface area contributed by atoms with Gasteiger partial charge in [-0.2, -0.15) is 0 Å². The molecule has 158 valence electrons. The Morgan fingerprint density at radius 2 is 1.80 bits per heavy atom. The van der Waals surface area contributed by atoms with Crippen LogP contribution >= 0.6 is 0 Å². The molecule has 2 aromatic carbocycles. The number of nitrogens with zero attached hydrogens (tertiary/aromatic N) is 2. The largest absolute Gasteiger partial charge is 0.350 e. The van der Waals surface area contributed by atoms with Crippen molar-refractivity contribution >= 4 is 17.7 Å². The van der Waals surface area contributed by atoms with Gasteiger partial charge in [0, 0.05) is 26.2 Å². The second-order valence-electron chi connectivity index (χ2n) is 7.48. The van der Waals surface area contributed by atoms with Crippen molar-refractivity contribution in [3.05, 3.63) is 71.0 Å². The van der Waals surface area contributed by atoms with Crippen molar-refractivity contribution in [1.29, 1.82) is 0 Å². The topological polar surface area (TPSA) is 69.7 Å². The Kier molecular flexibility index (Phi) is 6.82. The fourth-order valence-corrected chi connectivity index (χ4v) is 3.62. The first-order valence-electron chi connectivity index (χ1n) is 10.1. The molecule has 7 heteroatoms. The van der Waals surface area contributed by atoms with E-state index < -0.39 is 17.9 Å². The molecule has 0 saturated carbocycles. The molecular formula is C23H26FN3O3. The Morgan fingerprint density at radius 1 is 1.07 bits per heavy atom. The molecule has 6 nitrogen and oxygen atoms in total. The van der Waals surface area contributed by atoms with Crippen molar-refractivity contribution in [2.45, 2.75) is 39.4 Å². The maximum Gasteiger partial charge on any atom is 0.312 e. The standard InChI is InChI=1S/C23H26FN3O3/c1-3-20(21(28)25-14-18-6-4-5-16(2)13-18)27-12-11-26(22(29)23(27)30)15-17-7-9-19(24)10-8-17/h4-10,13,20H,3,11-12,14-15H2,1-2H3,(H,25,28)/t20-/m1/s1. The molecule has 1 N–H and O–H groups in total. The second kappa shape index (κ2) is 9.52. The minimum Gasteiger partial charge on any atom is -0.350 e. The smallest absolute Gasteiger partial charge is 0.312 e. The van der Waals surface area contributed by atoms with Crippen molar-refractivity contribution in [1.82, 2.24) is 15.1 Å². The Labute approximate surface area is 175 Å². The maximum atomic E-state index is 13.1. The summed E-state index contributed by atoms with van der Waals surface area (Å²) in [6.07, 6.45) is 0.413. The highest BCUT2D eigenvalue weighted by Crippen LogP contribution is 2.15. The van der Waals surface area contributed by atoms with Gasteiger partial charge in [-0.1, -0.05) is 48.9 Å². The number of amides is 3. The average Bonchev–Trinajstić information content (AvgIpc) is 2.73. The summed E-state index contributed by atoms with van der Waals surface area (Å²) in [6.45, 7) is 5.00. The molecule has 0 aromatic heterocycles. The number of hydrogen-bond acceptors (Lipinski definition) is 3. The molecule has 3 rings (SSSR count). The van der Waals surface area contributed by atoms with Gasteiger partial charge in [0.25, 0.3) is 0 Å². The molecule has 3 amide bonds. The molecule has 0 unspecified atom stereocenters. The Balaban J connectivity index is 1.61. The summed E-state index contributed by atoms with van der Waals surface area (Å²) in [6, 6.07) is 13.0. The van der Waals surface area contributed by atoms with Gasteiger partial charge in [0.15, 0.2) is 0 Å². The lowest BCUT2D eigenvalue weighted by atomic mass is 10.1. The number of benzene rings is 2. The number of halogens is 1. The summed E-state index contributed by atoms with van der Waals surface area (Å²) >= 11 is 0. The van der Waals surface area contributed by atoms with E-state index in [-0.39, 0.29) is 24.8 Å². The Hall–Kier alpha value is -3.22. The third kappa shape index (κ3) is 5.03. The third-order valence-corrected chi connectivity index (χ3v) is 5.24. The van der Waals surface area contributed by atoms with Crippen LogP contribution in [0.2, 0.25) is 0 Å². The van der Waals surface area contributed by atoms with Gasteiger partial charge in [-0.3, -0.25) is 14.4 Å². The zero-order valence-electron chi connectivity index (χ0n) is 17.2. The van der Waals surface area contributed by atoms with Crippen LogP contribution in [-0.4, -0.2) is 46.7 Å². The Bertz CT molecular complexity index is 930. The monoisotopic (exact) mass is 411 g/mol. The quantitative estimate of drug-likeness (QED) is 0.712. The number of aryl methyl sites for hydroxylation is 1. The zero-order chi connectivity index (χ0) is 21.7. The molecule has 1 aliphatic heterocycles. The predicted octanol–water partition coefficient (Wildman–Crippen LogP) is 2.40. The van der Waals surface area contributed by atoms with Crippen LogP contribution in [0, 0.1) is 12.7 Å². The van der Waals surface area contributed by atoms with E-state index in [1.54, 1.807) is 12.1 Å². The molecule has 1 saturated heterocycles. The van der Waals surface area contributed by atoms with E-state index in [1.807, 2.05) is 38.1 Å². The maximum absolute atomic E-state index is 13.1. The van der Waals surface area contributed by atoms with E-state index in [4.69, 9.17) is 0 Å². The first-order valence-corrected chi connectivity index (χ1v) is 10.1. The van der Waals surface area contributed by atoms with Gasteiger partial charge in [-0.05, 0) is 36.6 Å². The number of carbonyl (C=O) groups is 3. The summed E-state index contributed by atoms with van der Waals surface area (Å²) < 4.78 is 13.1. The Morgan fingerprint density at radius 3 is 2.47 bits per heavy atom. The number of nitrogens with one attached hydrogen (secondary N) is 1. The predicted molar refractivity (Wildman–Crippen MR) is 111 cm³/mol. The van der Waals surface area contributed by atoms with Gasteiger partial charge in [0.05, 0.1) is 0 Å². The van der Waals surface area contributed by atoms with Gasteiger partial charge >= 0.3 is 11.8 Å². The minimum atomic E-state index is -0.695. The zero-order valence-corrected chi connectivity index (χ0v) is 17.2. The molecule has 0 aliphatic carbocycles. The van der Waals surface area contributed by atoms with Gasteiger partial charge in [0.2, 0.25) is 5.91 Å². The summed E-state index contributed by atoms with van der Waals surface area (Å²) in [5, 5.41) is 2.87. The van der Waals surface area contributed by atoms with E-state index in [1.165, 1.54) is 21.9 Å². The van der Waals surface area contributed by atoms with Crippen molar-refractivity contribution in [3.63, 3.8) is 0 Å². The van der Waals surface area contributed by atoms with Crippen LogP contribution in [0.5, 0.6) is 0 Å². The number of piperazine rings is 1. The second-order valence-corrected chi connectivity index (χ2v) is 7.48. The highest BCUT2D eigenvalue weighted by molar-refractivity contribution is 6.35. The fourth-order valence-electron chi connectivity index (χ4n) is 3.62. The van der Waals surface area contributed by atoms with Crippen molar-refractivity contribution in [3.8, 4) is 0 Å². The molecule has 1 fully saturated rings. The summed E-state index contributed by atoms with van der Waals surface area (Å²) in [5.41, 5.74) is 2.82. The van der Waals surface area contributed by atoms with Crippen LogP contribution in [0.4, 0.5) is 4.39 Å². The van der Waals surface area contributed by atoms with E-state index in [0.29, 0.717) is 19.5 Å². The van der Waals surface area contributed by atoms with Crippen molar-refractivity contribution in [2.24, 2.45) is 0 Å². The minimum absolute atomic E-state index is 0.231. The van der Waals surface area contributed by atoms with Crippen LogP contribution in [0.3, 0.4) is 0 Å². The van der Waals surface area contributed by atoms with Gasteiger partial charge in [0.1, 0.15) is 11.9 Å². The van der Waals surface area contributed by atoms with Crippen LogP contribution in [-0.2, 0) is 27.5 Å². The molecular weight excluding hydrogens is 385 g/mol. The number of hydrogen-bond donors (Lipinski definition) is 1. The molecule has 30 heavy (non-hydrogen) atoms. The number of carbonyl (C=O) groups excluding carboxylic acids is 3. The molecule has 0 radical (unpaired) electrons. The van der Waals surface area contributed by atoms with Gasteiger partial charge < -0.3 is 15.1 Å². The lowest BCUT2D eigenvalue weighted by molar-refractivity contribution is -0.159. The highest BCUT2D eigenvalue weighted by atomic mass is 19.1. The molecule has 0 bridgehead atoms. The molecule has 0 spiro atoms. The molecule has 1 aliphatic rings. The van der Waals surface area contributed by atoms with Crippen LogP contribution in [0.1, 0.15) is 30.0 Å². The highest BCUT2D eigenvalue weighted by Gasteiger charge is 2.38. The van der Waals surface area contributed by atoms with Gasteiger partial charge in [-0.15, -0.1) is 0 Å². The first-order chi connectivity index (χ1) is 14.4. The van der Waals surface area contributed by atoms with E-state index >= 15 is 0 Å². The third-order valence-electron chi connectivity index (χ3n) is 5.24. The lowest BCUT2D eigenvalue weighted by Crippen LogP contribution is -2.59. The van der Waals surface area contributed by atoms with E-state index in [9.17, 15) is 18.8 Å². The average molecular weight is 411 g/mol. The molecule has 1 heterocycles. The SMILES string of the molecule is CC[C@H](C(=O)NCc1cccc(C)c1)N1CCN(Cc2ccc(F)cc2)C(=O)C1=O. The normalized spacial score (nSPS) is 15.3.